The lowest BCUT2D eigenvalue weighted by atomic mass is 9.97. The van der Waals surface area contributed by atoms with Gasteiger partial charge in [-0.15, -0.1) is 0 Å². The van der Waals surface area contributed by atoms with Crippen LogP contribution in [0.5, 0.6) is 11.8 Å². The van der Waals surface area contributed by atoms with Crippen molar-refractivity contribution in [2.24, 2.45) is 12.5 Å². The number of anilines is 1. The van der Waals surface area contributed by atoms with Crippen LogP contribution in [0.4, 0.5) is 15.0 Å². The van der Waals surface area contributed by atoms with E-state index in [1.54, 1.807) is 0 Å². The topological polar surface area (TPSA) is 137 Å². The van der Waals surface area contributed by atoms with Crippen molar-refractivity contribution in [2.75, 3.05) is 44.7 Å². The molecule has 0 spiro atoms. The van der Waals surface area contributed by atoms with Gasteiger partial charge in [-0.3, -0.25) is 9.69 Å². The molecule has 2 aromatic carbocycles. The number of aromatic nitrogens is 3. The Balaban J connectivity index is 1.42. The number of fused-ring (bicyclic) bond motifs is 2. The van der Waals surface area contributed by atoms with Gasteiger partial charge in [-0.25, -0.2) is 9.18 Å². The van der Waals surface area contributed by atoms with Crippen LogP contribution in [0.15, 0.2) is 42.6 Å². The Bertz CT molecular complexity index is 1930. The first-order valence-corrected chi connectivity index (χ1v) is 16.5. The minimum atomic E-state index is -1.06. The summed E-state index contributed by atoms with van der Waals surface area (Å²) < 4.78 is 28.1. The van der Waals surface area contributed by atoms with Crippen molar-refractivity contribution in [1.82, 2.24) is 24.3 Å². The standard InChI is InChI=1S/C36H42FN7O5/c1-36(2,3)33(45)49-28-15-22-8-6-7-9-29(22)23(16-28)14-24-18-42(5)31-30(24)39-34(48-21-27-17-25(37)19-41(27)4)40-32(31)43-12-13-44(35(46)47)26(20-43)10-11-38/h6-9,15-16,18,25-27H,10,12-14,17,19-21H2,1-5H3,(H,46,47)/t25-,26?,27+/m1/s1. The van der Waals surface area contributed by atoms with Crippen molar-refractivity contribution < 1.29 is 28.6 Å². The second-order valence-corrected chi connectivity index (χ2v) is 14.1. The molecule has 258 valence electrons. The zero-order chi connectivity index (χ0) is 35.0. The van der Waals surface area contributed by atoms with E-state index in [0.717, 1.165) is 27.4 Å². The Kier molecular flexibility index (Phi) is 9.35. The van der Waals surface area contributed by atoms with Crippen LogP contribution in [0.2, 0.25) is 0 Å². The second-order valence-electron chi connectivity index (χ2n) is 14.1. The van der Waals surface area contributed by atoms with E-state index in [0.29, 0.717) is 43.0 Å². The van der Waals surface area contributed by atoms with Gasteiger partial charge in [0.1, 0.15) is 29.6 Å². The van der Waals surface area contributed by atoms with Crippen LogP contribution >= 0.6 is 0 Å². The summed E-state index contributed by atoms with van der Waals surface area (Å²) >= 11 is 0. The van der Waals surface area contributed by atoms with E-state index in [1.165, 1.54) is 4.90 Å². The van der Waals surface area contributed by atoms with E-state index in [-0.39, 0.29) is 44.1 Å². The van der Waals surface area contributed by atoms with Crippen LogP contribution < -0.4 is 14.4 Å². The van der Waals surface area contributed by atoms with Crippen molar-refractivity contribution in [3.63, 3.8) is 0 Å². The number of amides is 1. The SMILES string of the molecule is CN1C[C@H](F)C[C@H]1COc1nc(N2CCN(C(=O)O)C(CC#N)C2)c2c(n1)c(Cc1cc(OC(=O)C(C)(C)C)cc3ccccc13)cn2C. The molecule has 2 saturated heterocycles. The normalized spacial score (nSPS) is 20.1. The molecular weight excluding hydrogens is 629 g/mol. The highest BCUT2D eigenvalue weighted by molar-refractivity contribution is 5.92. The van der Waals surface area contributed by atoms with Crippen LogP contribution in [0.3, 0.4) is 0 Å². The number of carboxylic acid groups (broad SMARTS) is 1. The Morgan fingerprint density at radius 1 is 1.08 bits per heavy atom. The third kappa shape index (κ3) is 7.10. The van der Waals surface area contributed by atoms with Crippen LogP contribution in [0.1, 0.15) is 44.7 Å². The number of likely N-dealkylation sites (tertiary alicyclic amines) is 1. The molecule has 13 heteroatoms. The fourth-order valence-electron chi connectivity index (χ4n) is 6.73. The number of rotatable bonds is 8. The van der Waals surface area contributed by atoms with Crippen LogP contribution in [-0.4, -0.2) is 99.6 Å². The maximum absolute atomic E-state index is 14.1. The smallest absolute Gasteiger partial charge is 0.407 e. The second kappa shape index (κ2) is 13.5. The number of carbonyl (C=O) groups is 2. The quantitative estimate of drug-likeness (QED) is 0.197. The average molecular weight is 672 g/mol. The maximum Gasteiger partial charge on any atom is 0.407 e. The number of hydrogen-bond donors (Lipinski definition) is 1. The van der Waals surface area contributed by atoms with Crippen LogP contribution in [-0.2, 0) is 18.3 Å². The minimum Gasteiger partial charge on any atom is -0.465 e. The first-order valence-electron chi connectivity index (χ1n) is 16.5. The molecule has 1 N–H and O–H groups in total. The van der Waals surface area contributed by atoms with Gasteiger partial charge >= 0.3 is 18.1 Å². The summed E-state index contributed by atoms with van der Waals surface area (Å²) in [4.78, 5) is 39.8. The number of carbonyl (C=O) groups excluding carboxylic acids is 1. The molecule has 0 radical (unpaired) electrons. The molecule has 4 aromatic rings. The summed E-state index contributed by atoms with van der Waals surface area (Å²) in [6.07, 6.45) is 0.863. The van der Waals surface area contributed by atoms with Gasteiger partial charge in [0.05, 0.1) is 23.9 Å². The highest BCUT2D eigenvalue weighted by Crippen LogP contribution is 2.35. The monoisotopic (exact) mass is 671 g/mol. The molecule has 0 aliphatic carbocycles. The predicted octanol–water partition coefficient (Wildman–Crippen LogP) is 5.17. The van der Waals surface area contributed by atoms with E-state index in [4.69, 9.17) is 19.4 Å². The Morgan fingerprint density at radius 2 is 1.86 bits per heavy atom. The molecule has 1 unspecified atom stereocenters. The number of ether oxygens (including phenoxy) is 2. The van der Waals surface area contributed by atoms with Crippen LogP contribution in [0.25, 0.3) is 21.8 Å². The van der Waals surface area contributed by atoms with Crippen molar-refractivity contribution in [2.45, 2.75) is 58.3 Å². The third-order valence-corrected chi connectivity index (χ3v) is 9.37. The van der Waals surface area contributed by atoms with Gasteiger partial charge in [-0.05, 0) is 62.7 Å². The van der Waals surface area contributed by atoms with E-state index >= 15 is 0 Å². The lowest BCUT2D eigenvalue weighted by Gasteiger charge is -2.39. The molecule has 2 aliphatic heterocycles. The van der Waals surface area contributed by atoms with Crippen molar-refractivity contribution in [3.8, 4) is 17.8 Å². The largest absolute Gasteiger partial charge is 0.465 e. The summed E-state index contributed by atoms with van der Waals surface area (Å²) in [5.74, 6) is 0.699. The zero-order valence-electron chi connectivity index (χ0n) is 28.5. The lowest BCUT2D eigenvalue weighted by molar-refractivity contribution is -0.142. The molecule has 2 aromatic heterocycles. The third-order valence-electron chi connectivity index (χ3n) is 9.37. The number of benzene rings is 2. The number of hydrogen-bond acceptors (Lipinski definition) is 9. The van der Waals surface area contributed by atoms with Gasteiger partial charge < -0.3 is 28.9 Å². The van der Waals surface area contributed by atoms with Gasteiger partial charge in [-0.1, -0.05) is 24.3 Å². The lowest BCUT2D eigenvalue weighted by Crippen LogP contribution is -2.55. The van der Waals surface area contributed by atoms with Gasteiger partial charge in [-0.2, -0.15) is 15.2 Å². The molecule has 2 aliphatic rings. The van der Waals surface area contributed by atoms with Gasteiger partial charge in [0.2, 0.25) is 0 Å². The molecular formula is C36H42FN7O5. The maximum atomic E-state index is 14.1. The van der Waals surface area contributed by atoms with Crippen molar-refractivity contribution in [3.05, 3.63) is 53.7 Å². The number of aryl methyl sites for hydroxylation is 1. The fraction of sp³-hybridized carbons (Fsp3) is 0.472. The Morgan fingerprint density at radius 3 is 2.55 bits per heavy atom. The van der Waals surface area contributed by atoms with Gasteiger partial charge in [0, 0.05) is 57.4 Å². The number of nitriles is 1. The summed E-state index contributed by atoms with van der Waals surface area (Å²) in [6, 6.07) is 13.3. The molecule has 0 bridgehead atoms. The van der Waals surface area contributed by atoms with E-state index < -0.39 is 23.7 Å². The average Bonchev–Trinajstić information content (AvgIpc) is 3.54. The molecule has 4 heterocycles. The highest BCUT2D eigenvalue weighted by Gasteiger charge is 2.34. The number of nitrogens with zero attached hydrogens (tertiary/aromatic N) is 7. The number of halogens is 1. The molecule has 6 rings (SSSR count). The Hall–Kier alpha value is -4.96. The molecule has 12 nitrogen and oxygen atoms in total. The first kappa shape index (κ1) is 33.9. The Labute approximate surface area is 284 Å². The number of likely N-dealkylation sites (N-methyl/N-ethyl adjacent to an activating group) is 1. The number of piperazine rings is 1. The minimum absolute atomic E-state index is 0.0420. The highest BCUT2D eigenvalue weighted by atomic mass is 19.1. The number of alkyl halides is 1. The molecule has 49 heavy (non-hydrogen) atoms. The van der Waals surface area contributed by atoms with E-state index in [2.05, 4.69) is 6.07 Å². The molecule has 3 atom stereocenters. The summed E-state index contributed by atoms with van der Waals surface area (Å²) in [7, 11) is 3.78. The summed E-state index contributed by atoms with van der Waals surface area (Å²) in [5.41, 5.74) is 2.55. The van der Waals surface area contributed by atoms with Crippen molar-refractivity contribution in [1.29, 1.82) is 5.26 Å². The molecule has 1 amide bonds. The summed E-state index contributed by atoms with van der Waals surface area (Å²) in [5, 5.41) is 21.2. The van der Waals surface area contributed by atoms with Gasteiger partial charge in [0.15, 0.2) is 5.82 Å². The molecule has 0 saturated carbocycles. The molecule has 2 fully saturated rings. The fourth-order valence-corrected chi connectivity index (χ4v) is 6.73. The first-order chi connectivity index (χ1) is 23.3. The van der Waals surface area contributed by atoms with E-state index in [9.17, 15) is 24.3 Å². The van der Waals surface area contributed by atoms with E-state index in [1.807, 2.05) is 91.8 Å². The van der Waals surface area contributed by atoms with Crippen LogP contribution in [0, 0.1) is 16.7 Å². The van der Waals surface area contributed by atoms with Crippen molar-refractivity contribution >= 4 is 39.7 Å². The zero-order valence-corrected chi connectivity index (χ0v) is 28.5. The number of esters is 1. The summed E-state index contributed by atoms with van der Waals surface area (Å²) in [6.45, 7) is 6.83. The predicted molar refractivity (Wildman–Crippen MR) is 183 cm³/mol. The van der Waals surface area contributed by atoms with Gasteiger partial charge in [0.25, 0.3) is 0 Å².